The molecule has 0 radical (unpaired) electrons. The van der Waals surface area contributed by atoms with Gasteiger partial charge in [0.15, 0.2) is 11.6 Å². The fraction of sp³-hybridized carbons (Fsp3) is 0.854. The zero-order valence-electron chi connectivity index (χ0n) is 38.1. The van der Waals surface area contributed by atoms with Gasteiger partial charge in [-0.25, -0.2) is 8.42 Å². The van der Waals surface area contributed by atoms with E-state index in [4.69, 9.17) is 0 Å². The monoisotopic (exact) mass is 853 g/mol. The molecule has 12 heteroatoms. The van der Waals surface area contributed by atoms with E-state index in [2.05, 4.69) is 49.2 Å². The van der Waals surface area contributed by atoms with Crippen LogP contribution in [-0.4, -0.2) is 89.5 Å². The summed E-state index contributed by atoms with van der Waals surface area (Å²) in [5.41, 5.74) is -2.20. The predicted octanol–water partition coefficient (Wildman–Crippen LogP) is 7.27. The minimum atomic E-state index is -3.93. The van der Waals surface area contributed by atoms with Crippen LogP contribution in [0.2, 0.25) is 0 Å². The highest BCUT2D eigenvalue weighted by Gasteiger charge is 2.85. The first-order chi connectivity index (χ1) is 28.1. The number of hydrogen-bond donors (Lipinski definition) is 2. The average molecular weight is 853 g/mol. The third-order valence-corrected chi connectivity index (χ3v) is 20.4. The summed E-state index contributed by atoms with van der Waals surface area (Å²) in [6, 6.07) is -1.56. The number of ketones is 2. The lowest BCUT2D eigenvalue weighted by Gasteiger charge is -2.40. The van der Waals surface area contributed by atoms with Crippen LogP contribution in [0.1, 0.15) is 171 Å². The number of carbonyl (C=O) groups is 5. The summed E-state index contributed by atoms with van der Waals surface area (Å²) in [6.45, 7) is 21.7. The second kappa shape index (κ2) is 15.9. The van der Waals surface area contributed by atoms with Crippen LogP contribution in [0.25, 0.3) is 0 Å². The molecule has 7 fully saturated rings. The first kappa shape index (κ1) is 45.4. The second-order valence-electron chi connectivity index (χ2n) is 22.5. The number of allylic oxidation sites excluding steroid dienone is 1. The van der Waals surface area contributed by atoms with E-state index in [0.29, 0.717) is 38.6 Å². The van der Waals surface area contributed by atoms with Crippen molar-refractivity contribution in [3.8, 4) is 0 Å². The van der Waals surface area contributed by atoms with E-state index in [9.17, 15) is 27.6 Å². The highest BCUT2D eigenvalue weighted by molar-refractivity contribution is 7.91. The van der Waals surface area contributed by atoms with Crippen LogP contribution < -0.4 is 10.0 Å². The van der Waals surface area contributed by atoms with Crippen molar-refractivity contribution in [2.75, 3.05) is 13.1 Å². The van der Waals surface area contributed by atoms with Crippen molar-refractivity contribution >= 4 is 39.3 Å². The van der Waals surface area contributed by atoms with E-state index in [1.807, 2.05) is 27.7 Å². The van der Waals surface area contributed by atoms with Crippen LogP contribution in [0.4, 0.5) is 0 Å². The summed E-state index contributed by atoms with van der Waals surface area (Å²) >= 11 is 0. The van der Waals surface area contributed by atoms with E-state index >= 15 is 4.79 Å². The largest absolute Gasteiger partial charge is 0.345 e. The number of nitrogens with zero attached hydrogens (tertiary/aromatic N) is 2. The third-order valence-electron chi connectivity index (χ3n) is 18.1. The highest BCUT2D eigenvalue weighted by atomic mass is 32.2. The van der Waals surface area contributed by atoms with Crippen molar-refractivity contribution < 1.29 is 32.4 Å². The Morgan fingerprint density at radius 3 is 2.03 bits per heavy atom. The number of carbonyl (C=O) groups excluding carboxylic acids is 5. The van der Waals surface area contributed by atoms with Gasteiger partial charge in [0.1, 0.15) is 0 Å². The maximum Gasteiger partial charge on any atom is 0.240 e. The van der Waals surface area contributed by atoms with Gasteiger partial charge in [0, 0.05) is 36.8 Å². The summed E-state index contributed by atoms with van der Waals surface area (Å²) in [5.74, 6) is -2.38. The number of piperidine rings is 1. The van der Waals surface area contributed by atoms with Crippen LogP contribution in [0, 0.1) is 44.8 Å². The standard InChI is InChI=1S/C48H76N4O7S/c1-10-33-27-46(33,42(57)50-60(58,59)45(11-2)23-24-45)29-38(54)36-28-48(44(8,9)47(48)21-17-22-47)30-52(36)41(56)34(43(5,6)7)26-37(53)39(32-18-13-12-14-19-32)49-40(55)35-20-15-16-25-51(35)31(3)4/h10,31-36,39H,1,11-30H2,2-9H3,(H,49,55)(H,50,57)/t33-,34-,35+,36+,39+,46-,48-/m1/s1. The number of fused-ring (bicyclic) bond motifs is 1. The van der Waals surface area contributed by atoms with Gasteiger partial charge in [-0.05, 0) is 119 Å². The summed E-state index contributed by atoms with van der Waals surface area (Å²) in [5, 5.41) is 3.28. The van der Waals surface area contributed by atoms with E-state index in [1.165, 1.54) is 0 Å². The number of likely N-dealkylation sites (tertiary alicyclic amines) is 2. The Morgan fingerprint density at radius 2 is 1.52 bits per heavy atom. The number of rotatable bonds is 16. The van der Waals surface area contributed by atoms with Gasteiger partial charge in [-0.15, -0.1) is 6.58 Å². The topological polar surface area (TPSA) is 150 Å². The lowest BCUT2D eigenvalue weighted by molar-refractivity contribution is -0.147. The van der Waals surface area contributed by atoms with Gasteiger partial charge in [-0.1, -0.05) is 79.7 Å². The quantitative estimate of drug-likeness (QED) is 0.154. The maximum absolute atomic E-state index is 15.4. The minimum Gasteiger partial charge on any atom is -0.345 e. The van der Waals surface area contributed by atoms with E-state index < -0.39 is 49.5 Å². The van der Waals surface area contributed by atoms with Crippen molar-refractivity contribution in [2.24, 2.45) is 44.8 Å². The third kappa shape index (κ3) is 7.35. The zero-order chi connectivity index (χ0) is 43.8. The van der Waals surface area contributed by atoms with Gasteiger partial charge >= 0.3 is 0 Å². The number of Topliss-reactive ketones (excluding diaryl/α,β-unsaturated/α-hetero) is 2. The maximum atomic E-state index is 15.4. The minimum absolute atomic E-state index is 0.00625. The molecule has 11 nitrogen and oxygen atoms in total. The molecule has 5 aliphatic carbocycles. The van der Waals surface area contributed by atoms with Gasteiger partial charge in [0.2, 0.25) is 27.7 Å². The molecule has 2 heterocycles. The molecule has 5 saturated carbocycles. The molecule has 2 spiro atoms. The first-order valence-electron chi connectivity index (χ1n) is 23.7. The lowest BCUT2D eigenvalue weighted by atomic mass is 9.73. The Morgan fingerprint density at radius 1 is 0.867 bits per heavy atom. The molecule has 0 bridgehead atoms. The molecule has 0 aromatic rings. The average Bonchev–Trinajstić information content (AvgIpc) is 4.12. The van der Waals surface area contributed by atoms with Crippen LogP contribution in [0.15, 0.2) is 12.7 Å². The Labute approximate surface area is 360 Å². The van der Waals surface area contributed by atoms with Crippen molar-refractivity contribution in [1.29, 1.82) is 0 Å². The molecule has 0 aromatic heterocycles. The van der Waals surface area contributed by atoms with Crippen LogP contribution in [0.5, 0.6) is 0 Å². The molecule has 2 aliphatic heterocycles. The second-order valence-corrected chi connectivity index (χ2v) is 24.5. The number of amides is 3. The Balaban J connectivity index is 1.16. The number of hydrogen-bond acceptors (Lipinski definition) is 8. The first-order valence-corrected chi connectivity index (χ1v) is 25.2. The molecular formula is C48H76N4O7S. The fourth-order valence-electron chi connectivity index (χ4n) is 13.3. The molecule has 7 rings (SSSR count). The van der Waals surface area contributed by atoms with E-state index in [0.717, 1.165) is 77.2 Å². The number of nitrogens with one attached hydrogen (secondary N) is 2. The zero-order valence-corrected chi connectivity index (χ0v) is 38.9. The van der Waals surface area contributed by atoms with Crippen molar-refractivity contribution in [3.05, 3.63) is 12.7 Å². The Bertz CT molecular complexity index is 1850. The molecule has 336 valence electrons. The smallest absolute Gasteiger partial charge is 0.240 e. The predicted molar refractivity (Wildman–Crippen MR) is 233 cm³/mol. The molecule has 3 amide bonds. The summed E-state index contributed by atoms with van der Waals surface area (Å²) in [7, 11) is -3.93. The van der Waals surface area contributed by atoms with Crippen LogP contribution in [-0.2, 0) is 34.0 Å². The number of sulfonamides is 1. The fourth-order valence-corrected chi connectivity index (χ4v) is 15.0. The van der Waals surface area contributed by atoms with Gasteiger partial charge in [0.25, 0.3) is 0 Å². The molecule has 0 unspecified atom stereocenters. The molecule has 0 aromatic carbocycles. The van der Waals surface area contributed by atoms with Crippen molar-refractivity contribution in [2.45, 2.75) is 200 Å². The molecule has 2 N–H and O–H groups in total. The van der Waals surface area contributed by atoms with E-state index in [-0.39, 0.29) is 76.4 Å². The van der Waals surface area contributed by atoms with Crippen LogP contribution in [0.3, 0.4) is 0 Å². The molecule has 7 aliphatic rings. The summed E-state index contributed by atoms with van der Waals surface area (Å²) in [6.07, 6.45) is 14.5. The lowest BCUT2D eigenvalue weighted by Crippen LogP contribution is -2.57. The van der Waals surface area contributed by atoms with Crippen molar-refractivity contribution in [3.63, 3.8) is 0 Å². The van der Waals surface area contributed by atoms with E-state index in [1.54, 1.807) is 11.0 Å². The van der Waals surface area contributed by atoms with Gasteiger partial charge in [-0.3, -0.25) is 33.6 Å². The van der Waals surface area contributed by atoms with Gasteiger partial charge < -0.3 is 10.2 Å². The Kier molecular flexibility index (Phi) is 12.0. The molecule has 60 heavy (non-hydrogen) atoms. The SMILES string of the molecule is C=C[C@@H]1C[C@]1(CC(=O)[C@@H]1C[C@@]2(CN1C(=O)[C@@H](CC(=O)[C@@H](NC(=O)[C@@H]1CCCCN1C(C)C)C1CCCCC1)C(C)(C)C)C(C)(C)C21CCC1)C(=O)NS(=O)(=O)C1(CC)CC1. The molecule has 2 saturated heterocycles. The van der Waals surface area contributed by atoms with Crippen molar-refractivity contribution in [1.82, 2.24) is 19.8 Å². The highest BCUT2D eigenvalue weighted by Crippen LogP contribution is 2.88. The van der Waals surface area contributed by atoms with Gasteiger partial charge in [-0.2, -0.15) is 0 Å². The van der Waals surface area contributed by atoms with Gasteiger partial charge in [0.05, 0.1) is 28.3 Å². The summed E-state index contributed by atoms with van der Waals surface area (Å²) in [4.78, 5) is 77.3. The molecular weight excluding hydrogens is 777 g/mol. The van der Waals surface area contributed by atoms with Crippen LogP contribution >= 0.6 is 0 Å². The summed E-state index contributed by atoms with van der Waals surface area (Å²) < 4.78 is 28.3. The molecule has 7 atom stereocenters. The Hall–Kier alpha value is -2.60. The normalized spacial score (nSPS) is 32.8.